The summed E-state index contributed by atoms with van der Waals surface area (Å²) in [5.74, 6) is 3.08. The van der Waals surface area contributed by atoms with Crippen LogP contribution in [0.4, 0.5) is 0 Å². The van der Waals surface area contributed by atoms with E-state index in [0.717, 1.165) is 11.3 Å². The van der Waals surface area contributed by atoms with E-state index in [0.29, 0.717) is 40.0 Å². The monoisotopic (exact) mass is 429 g/mol. The van der Waals surface area contributed by atoms with Gasteiger partial charge in [-0.1, -0.05) is 0 Å². The first kappa shape index (κ1) is 21.2. The number of hydrogen-bond acceptors (Lipinski definition) is 8. The number of rotatable bonds is 9. The molecule has 3 rings (SSSR count). The third kappa shape index (κ3) is 4.54. The fourth-order valence-electron chi connectivity index (χ4n) is 2.76. The van der Waals surface area contributed by atoms with Gasteiger partial charge >= 0.3 is 0 Å². The smallest absolute Gasteiger partial charge is 0.216 e. The molecular formula is C20H23N5O4S. The maximum atomic E-state index is 5.48. The molecule has 10 heteroatoms. The molecule has 0 unspecified atom stereocenters. The van der Waals surface area contributed by atoms with E-state index in [1.54, 1.807) is 44.4 Å². The highest BCUT2D eigenvalue weighted by Crippen LogP contribution is 2.33. The Morgan fingerprint density at radius 2 is 1.73 bits per heavy atom. The number of methoxy groups -OCH3 is 3. The minimum absolute atomic E-state index is 0.371. The van der Waals surface area contributed by atoms with Gasteiger partial charge in [0.2, 0.25) is 4.77 Å². The van der Waals surface area contributed by atoms with Crippen LogP contribution in [0, 0.1) is 4.77 Å². The van der Waals surface area contributed by atoms with Crippen molar-refractivity contribution in [2.45, 2.75) is 6.92 Å². The van der Waals surface area contributed by atoms with E-state index < -0.39 is 0 Å². The van der Waals surface area contributed by atoms with E-state index in [-0.39, 0.29) is 0 Å². The zero-order valence-electron chi connectivity index (χ0n) is 17.1. The molecule has 0 aliphatic carbocycles. The minimum atomic E-state index is 0.371. The molecule has 0 saturated carbocycles. The molecule has 0 aliphatic rings. The van der Waals surface area contributed by atoms with Gasteiger partial charge in [0.05, 0.1) is 34.2 Å². The van der Waals surface area contributed by atoms with E-state index in [4.69, 9.17) is 31.2 Å². The Balaban J connectivity index is 1.85. The third-order valence-electron chi connectivity index (χ3n) is 4.19. The second-order valence-corrected chi connectivity index (χ2v) is 6.34. The molecule has 158 valence electrons. The largest absolute Gasteiger partial charge is 0.496 e. The van der Waals surface area contributed by atoms with Crippen molar-refractivity contribution in [1.29, 1.82) is 0 Å². The predicted molar refractivity (Wildman–Crippen MR) is 117 cm³/mol. The molecule has 2 N–H and O–H groups in total. The summed E-state index contributed by atoms with van der Waals surface area (Å²) in [5, 5.41) is 11.3. The zero-order chi connectivity index (χ0) is 21.5. The number of aromatic nitrogens is 3. The lowest BCUT2D eigenvalue weighted by atomic mass is 10.2. The molecule has 0 atom stereocenters. The molecule has 0 spiro atoms. The Kier molecular flexibility index (Phi) is 6.91. The van der Waals surface area contributed by atoms with Gasteiger partial charge in [0.25, 0.3) is 0 Å². The number of aromatic amines is 1. The lowest BCUT2D eigenvalue weighted by Crippen LogP contribution is -2.11. The first-order valence-electron chi connectivity index (χ1n) is 9.11. The Labute approximate surface area is 179 Å². The highest BCUT2D eigenvalue weighted by molar-refractivity contribution is 7.71. The molecule has 30 heavy (non-hydrogen) atoms. The summed E-state index contributed by atoms with van der Waals surface area (Å²) < 4.78 is 23.5. The van der Waals surface area contributed by atoms with Crippen molar-refractivity contribution in [1.82, 2.24) is 14.9 Å². The van der Waals surface area contributed by atoms with Crippen LogP contribution in [0.1, 0.15) is 12.5 Å². The SMILES string of the molecule is CCOc1ccc(-c2n[nH]c(=S)n2NN=Cc2cc(OC)c(OC)cc2OC)cc1. The van der Waals surface area contributed by atoms with Crippen molar-refractivity contribution in [2.75, 3.05) is 33.5 Å². The molecule has 2 aromatic carbocycles. The number of H-pyrrole nitrogens is 1. The van der Waals surface area contributed by atoms with E-state index in [9.17, 15) is 0 Å². The van der Waals surface area contributed by atoms with Crippen molar-refractivity contribution in [3.8, 4) is 34.4 Å². The van der Waals surface area contributed by atoms with Gasteiger partial charge in [0.15, 0.2) is 17.3 Å². The highest BCUT2D eigenvalue weighted by atomic mass is 32.1. The molecule has 0 bridgehead atoms. The normalized spacial score (nSPS) is 10.8. The van der Waals surface area contributed by atoms with Crippen LogP contribution in [-0.2, 0) is 0 Å². The van der Waals surface area contributed by atoms with Gasteiger partial charge in [-0.05, 0) is 49.5 Å². The van der Waals surface area contributed by atoms with Crippen molar-refractivity contribution in [3.05, 3.63) is 46.7 Å². The number of hydrazone groups is 1. The molecule has 0 saturated heterocycles. The van der Waals surface area contributed by atoms with Crippen LogP contribution in [0.5, 0.6) is 23.0 Å². The minimum Gasteiger partial charge on any atom is -0.496 e. The lowest BCUT2D eigenvalue weighted by Gasteiger charge is -2.12. The zero-order valence-corrected chi connectivity index (χ0v) is 17.9. The first-order valence-corrected chi connectivity index (χ1v) is 9.51. The van der Waals surface area contributed by atoms with Crippen LogP contribution in [0.2, 0.25) is 0 Å². The van der Waals surface area contributed by atoms with E-state index in [1.165, 1.54) is 0 Å². The fraction of sp³-hybridized carbons (Fsp3) is 0.250. The molecule has 1 heterocycles. The van der Waals surface area contributed by atoms with Gasteiger partial charge in [-0.15, -0.1) is 0 Å². The van der Waals surface area contributed by atoms with Gasteiger partial charge < -0.3 is 18.9 Å². The summed E-state index contributed by atoms with van der Waals surface area (Å²) in [6.07, 6.45) is 1.59. The Morgan fingerprint density at radius 1 is 1.07 bits per heavy atom. The molecule has 0 amide bonds. The van der Waals surface area contributed by atoms with Crippen molar-refractivity contribution in [2.24, 2.45) is 5.10 Å². The van der Waals surface area contributed by atoms with Crippen molar-refractivity contribution < 1.29 is 18.9 Å². The summed E-state index contributed by atoms with van der Waals surface area (Å²) in [6, 6.07) is 11.0. The molecule has 1 aromatic heterocycles. The van der Waals surface area contributed by atoms with Crippen LogP contribution in [-0.4, -0.2) is 49.0 Å². The van der Waals surface area contributed by atoms with Crippen LogP contribution < -0.4 is 24.5 Å². The maximum Gasteiger partial charge on any atom is 0.216 e. The second kappa shape index (κ2) is 9.79. The number of ether oxygens (including phenoxy) is 4. The van der Waals surface area contributed by atoms with E-state index in [2.05, 4.69) is 20.8 Å². The highest BCUT2D eigenvalue weighted by Gasteiger charge is 2.11. The fourth-order valence-corrected chi connectivity index (χ4v) is 2.93. The molecule has 9 nitrogen and oxygen atoms in total. The Morgan fingerprint density at radius 3 is 2.37 bits per heavy atom. The van der Waals surface area contributed by atoms with Gasteiger partial charge in [0.1, 0.15) is 11.5 Å². The summed E-state index contributed by atoms with van der Waals surface area (Å²) in [6.45, 7) is 2.54. The van der Waals surface area contributed by atoms with Crippen LogP contribution in [0.25, 0.3) is 11.4 Å². The van der Waals surface area contributed by atoms with Crippen LogP contribution in [0.15, 0.2) is 41.5 Å². The predicted octanol–water partition coefficient (Wildman–Crippen LogP) is 3.61. The number of hydrogen-bond donors (Lipinski definition) is 2. The van der Waals surface area contributed by atoms with Crippen molar-refractivity contribution >= 4 is 18.4 Å². The molecule has 0 radical (unpaired) electrons. The Bertz CT molecular complexity index is 1080. The van der Waals surface area contributed by atoms with Gasteiger partial charge in [-0.3, -0.25) is 0 Å². The summed E-state index contributed by atoms with van der Waals surface area (Å²) in [4.78, 5) is 0. The standard InChI is InChI=1S/C20H23N5O4S/c1-5-29-15-8-6-13(7-9-15)19-22-23-20(30)25(19)24-21-12-14-10-17(27-3)18(28-4)11-16(14)26-2/h6-12,24H,5H2,1-4H3,(H,23,30). The van der Waals surface area contributed by atoms with Gasteiger partial charge in [-0.25, -0.2) is 10.6 Å². The third-order valence-corrected chi connectivity index (χ3v) is 4.47. The maximum absolute atomic E-state index is 5.48. The molecule has 3 aromatic rings. The Hall–Kier alpha value is -3.53. The number of benzene rings is 2. The summed E-state index contributed by atoms with van der Waals surface area (Å²) in [5.41, 5.74) is 4.43. The van der Waals surface area contributed by atoms with E-state index >= 15 is 0 Å². The quantitative estimate of drug-likeness (QED) is 0.305. The van der Waals surface area contributed by atoms with Crippen LogP contribution >= 0.6 is 12.2 Å². The van der Waals surface area contributed by atoms with Crippen molar-refractivity contribution in [3.63, 3.8) is 0 Å². The molecule has 0 aliphatic heterocycles. The second-order valence-electron chi connectivity index (χ2n) is 5.95. The van der Waals surface area contributed by atoms with E-state index in [1.807, 2.05) is 31.2 Å². The topological polar surface area (TPSA) is 94.9 Å². The average molecular weight is 430 g/mol. The number of nitrogens with zero attached hydrogens (tertiary/aromatic N) is 3. The number of nitrogens with one attached hydrogen (secondary N) is 2. The summed E-state index contributed by atoms with van der Waals surface area (Å²) in [7, 11) is 4.70. The summed E-state index contributed by atoms with van der Waals surface area (Å²) >= 11 is 5.31. The molecular weight excluding hydrogens is 406 g/mol. The van der Waals surface area contributed by atoms with Gasteiger partial charge in [-0.2, -0.15) is 14.9 Å². The average Bonchev–Trinajstić information content (AvgIpc) is 3.14. The molecule has 0 fully saturated rings. The van der Waals surface area contributed by atoms with Gasteiger partial charge in [0, 0.05) is 17.2 Å². The van der Waals surface area contributed by atoms with Crippen LogP contribution in [0.3, 0.4) is 0 Å². The lowest BCUT2D eigenvalue weighted by molar-refractivity contribution is 0.340. The first-order chi connectivity index (χ1) is 14.6.